The summed E-state index contributed by atoms with van der Waals surface area (Å²) in [5.74, 6) is 0. The van der Waals surface area contributed by atoms with Crippen LogP contribution in [0.5, 0.6) is 0 Å². The minimum absolute atomic E-state index is 0.286. The highest BCUT2D eigenvalue weighted by molar-refractivity contribution is 6.39. The van der Waals surface area contributed by atoms with E-state index < -0.39 is 5.69 Å². The Morgan fingerprint density at radius 1 is 0.931 bits per heavy atom. The zero-order valence-corrected chi connectivity index (χ0v) is 17.5. The zero-order valence-electron chi connectivity index (χ0n) is 16.0. The number of halogens is 2. The van der Waals surface area contributed by atoms with E-state index in [9.17, 15) is 9.59 Å². The number of benzene rings is 2. The molecule has 2 aromatic heterocycles. The lowest BCUT2D eigenvalue weighted by Crippen LogP contribution is -2.36. The third-order valence-corrected chi connectivity index (χ3v) is 5.73. The number of rotatable bonds is 2. The lowest BCUT2D eigenvalue weighted by atomic mass is 10.1. The fourth-order valence-electron chi connectivity index (χ4n) is 3.45. The first-order valence-corrected chi connectivity index (χ1v) is 9.59. The van der Waals surface area contributed by atoms with Crippen LogP contribution in [0.15, 0.2) is 52.2 Å². The van der Waals surface area contributed by atoms with Crippen molar-refractivity contribution in [3.8, 4) is 16.9 Å². The van der Waals surface area contributed by atoms with Gasteiger partial charge in [0.2, 0.25) is 0 Å². The molecule has 0 amide bonds. The third-order valence-electron chi connectivity index (χ3n) is 5.11. The second kappa shape index (κ2) is 6.83. The number of aryl methyl sites for hydroxylation is 2. The van der Waals surface area contributed by atoms with Gasteiger partial charge in [-0.2, -0.15) is 0 Å². The quantitative estimate of drug-likeness (QED) is 0.492. The summed E-state index contributed by atoms with van der Waals surface area (Å²) in [5.41, 5.74) is 9.11. The Bertz CT molecular complexity index is 1370. The number of hydrogen-bond acceptors (Lipinski definition) is 3. The molecule has 0 fully saturated rings. The van der Waals surface area contributed by atoms with Gasteiger partial charge in [-0.05, 0) is 24.6 Å². The van der Waals surface area contributed by atoms with Crippen molar-refractivity contribution in [1.29, 1.82) is 0 Å². The third kappa shape index (κ3) is 2.96. The van der Waals surface area contributed by atoms with Crippen LogP contribution in [0.4, 0.5) is 5.69 Å². The molecule has 0 aliphatic heterocycles. The molecule has 0 aliphatic rings. The van der Waals surface area contributed by atoms with Crippen molar-refractivity contribution in [2.45, 2.75) is 6.92 Å². The van der Waals surface area contributed by atoms with Crippen LogP contribution in [0.2, 0.25) is 10.0 Å². The molecule has 0 unspecified atom stereocenters. The van der Waals surface area contributed by atoms with Crippen molar-refractivity contribution >= 4 is 39.8 Å². The SMILES string of the molecule is Cc1ccc(-c2c3c(=O)n(C)c(=O)n(C)c3cn2-c2cc(Cl)c(N)c(Cl)c2)cc1. The van der Waals surface area contributed by atoms with Crippen molar-refractivity contribution < 1.29 is 0 Å². The maximum Gasteiger partial charge on any atom is 0.330 e. The van der Waals surface area contributed by atoms with E-state index in [1.54, 1.807) is 25.4 Å². The molecule has 0 saturated heterocycles. The van der Waals surface area contributed by atoms with Crippen LogP contribution in [-0.2, 0) is 14.1 Å². The number of nitrogens with zero attached hydrogens (tertiary/aromatic N) is 3. The smallest absolute Gasteiger partial charge is 0.330 e. The van der Waals surface area contributed by atoms with E-state index in [1.165, 1.54) is 11.6 Å². The van der Waals surface area contributed by atoms with E-state index in [-0.39, 0.29) is 11.2 Å². The summed E-state index contributed by atoms with van der Waals surface area (Å²) in [6.45, 7) is 1.99. The van der Waals surface area contributed by atoms with Gasteiger partial charge in [-0.3, -0.25) is 13.9 Å². The van der Waals surface area contributed by atoms with E-state index in [1.807, 2.05) is 35.8 Å². The Kier molecular flexibility index (Phi) is 4.56. The summed E-state index contributed by atoms with van der Waals surface area (Å²) in [6, 6.07) is 11.2. The average molecular weight is 429 g/mol. The van der Waals surface area contributed by atoms with Gasteiger partial charge in [-0.1, -0.05) is 53.0 Å². The molecule has 0 spiro atoms. The molecule has 148 valence electrons. The van der Waals surface area contributed by atoms with Gasteiger partial charge in [-0.15, -0.1) is 0 Å². The van der Waals surface area contributed by atoms with E-state index in [4.69, 9.17) is 28.9 Å². The van der Waals surface area contributed by atoms with Gasteiger partial charge in [-0.25, -0.2) is 4.79 Å². The Morgan fingerprint density at radius 2 is 1.52 bits per heavy atom. The molecule has 0 aliphatic carbocycles. The molecule has 2 aromatic carbocycles. The summed E-state index contributed by atoms with van der Waals surface area (Å²) in [7, 11) is 3.10. The van der Waals surface area contributed by atoms with Crippen LogP contribution in [-0.4, -0.2) is 13.7 Å². The first-order chi connectivity index (χ1) is 13.7. The minimum atomic E-state index is -0.400. The molecule has 4 aromatic rings. The molecule has 0 saturated carbocycles. The van der Waals surface area contributed by atoms with Crippen molar-refractivity contribution in [1.82, 2.24) is 13.7 Å². The predicted octanol–water partition coefficient (Wildman–Crippen LogP) is 3.89. The number of fused-ring (bicyclic) bond motifs is 1. The number of aromatic nitrogens is 3. The van der Waals surface area contributed by atoms with Gasteiger partial charge in [0, 0.05) is 26.0 Å². The molecule has 0 atom stereocenters. The highest BCUT2D eigenvalue weighted by Crippen LogP contribution is 2.35. The second-order valence-electron chi connectivity index (χ2n) is 7.00. The highest BCUT2D eigenvalue weighted by atomic mass is 35.5. The summed E-state index contributed by atoms with van der Waals surface area (Å²) in [5, 5.41) is 1.05. The summed E-state index contributed by atoms with van der Waals surface area (Å²) < 4.78 is 4.37. The number of nitrogens with two attached hydrogens (primary N) is 1. The number of hydrogen-bond donors (Lipinski definition) is 1. The number of anilines is 1. The van der Waals surface area contributed by atoms with Crippen LogP contribution in [0.25, 0.3) is 27.8 Å². The lowest BCUT2D eigenvalue weighted by molar-refractivity contribution is 0.714. The van der Waals surface area contributed by atoms with Crippen molar-refractivity contribution in [3.05, 3.63) is 79.0 Å². The van der Waals surface area contributed by atoms with Gasteiger partial charge in [0.05, 0.1) is 32.3 Å². The minimum Gasteiger partial charge on any atom is -0.396 e. The molecule has 2 heterocycles. The normalized spacial score (nSPS) is 11.3. The van der Waals surface area contributed by atoms with Crippen LogP contribution in [0, 0.1) is 6.92 Å². The van der Waals surface area contributed by atoms with Crippen molar-refractivity contribution in [3.63, 3.8) is 0 Å². The maximum absolute atomic E-state index is 13.1. The Balaban J connectivity index is 2.20. The fourth-order valence-corrected chi connectivity index (χ4v) is 3.92. The molecule has 29 heavy (non-hydrogen) atoms. The van der Waals surface area contributed by atoms with Gasteiger partial charge in [0.1, 0.15) is 0 Å². The molecule has 6 nitrogen and oxygen atoms in total. The topological polar surface area (TPSA) is 75.0 Å². The van der Waals surface area contributed by atoms with Gasteiger partial charge in [0.25, 0.3) is 5.56 Å². The predicted molar refractivity (Wildman–Crippen MR) is 118 cm³/mol. The van der Waals surface area contributed by atoms with Crippen LogP contribution >= 0.6 is 23.2 Å². The summed E-state index contributed by atoms with van der Waals surface area (Å²) in [4.78, 5) is 25.5. The first kappa shape index (κ1) is 19.4. The summed E-state index contributed by atoms with van der Waals surface area (Å²) >= 11 is 12.5. The standard InChI is InChI=1S/C21H18Cl2N4O2/c1-11-4-6-12(7-5-11)19-17-16(25(2)21(29)26(3)20(17)28)10-27(19)13-8-14(22)18(24)15(23)9-13/h4-10H,24H2,1-3H3. The van der Waals surface area contributed by atoms with Gasteiger partial charge in [0.15, 0.2) is 0 Å². The molecule has 0 radical (unpaired) electrons. The largest absolute Gasteiger partial charge is 0.396 e. The monoisotopic (exact) mass is 428 g/mol. The molecule has 8 heteroatoms. The fraction of sp³-hybridized carbons (Fsp3) is 0.143. The van der Waals surface area contributed by atoms with E-state index in [0.717, 1.165) is 15.7 Å². The first-order valence-electron chi connectivity index (χ1n) is 8.83. The van der Waals surface area contributed by atoms with E-state index >= 15 is 0 Å². The van der Waals surface area contributed by atoms with Gasteiger partial charge >= 0.3 is 5.69 Å². The Labute approximate surface area is 176 Å². The Morgan fingerprint density at radius 3 is 2.10 bits per heavy atom. The lowest BCUT2D eigenvalue weighted by Gasteiger charge is -2.12. The molecule has 2 N–H and O–H groups in total. The Hall–Kier alpha value is -2.96. The molecular formula is C21H18Cl2N4O2. The zero-order chi connectivity index (χ0) is 21.0. The van der Waals surface area contributed by atoms with E-state index in [0.29, 0.717) is 32.3 Å². The van der Waals surface area contributed by atoms with Crippen LogP contribution < -0.4 is 17.0 Å². The van der Waals surface area contributed by atoms with Crippen molar-refractivity contribution in [2.24, 2.45) is 14.1 Å². The summed E-state index contributed by atoms with van der Waals surface area (Å²) in [6.07, 6.45) is 1.74. The average Bonchev–Trinajstić information content (AvgIpc) is 3.10. The van der Waals surface area contributed by atoms with E-state index in [2.05, 4.69) is 0 Å². The highest BCUT2D eigenvalue weighted by Gasteiger charge is 2.21. The molecule has 4 rings (SSSR count). The van der Waals surface area contributed by atoms with Crippen LogP contribution in [0.3, 0.4) is 0 Å². The van der Waals surface area contributed by atoms with Crippen LogP contribution in [0.1, 0.15) is 5.56 Å². The van der Waals surface area contributed by atoms with Gasteiger partial charge < -0.3 is 10.3 Å². The molecular weight excluding hydrogens is 411 g/mol. The van der Waals surface area contributed by atoms with Crippen molar-refractivity contribution in [2.75, 3.05) is 5.73 Å². The second-order valence-corrected chi connectivity index (χ2v) is 7.82. The number of nitrogen functional groups attached to an aromatic ring is 1. The maximum atomic E-state index is 13.1. The molecule has 0 bridgehead atoms.